The van der Waals surface area contributed by atoms with E-state index in [1.165, 1.54) is 0 Å². The molecule has 0 aliphatic carbocycles. The van der Waals surface area contributed by atoms with E-state index >= 15 is 0 Å². The smallest absolute Gasteiger partial charge is 0.169 e. The van der Waals surface area contributed by atoms with E-state index in [-0.39, 0.29) is 0 Å². The highest BCUT2D eigenvalue weighted by molar-refractivity contribution is 5.57. The molecule has 0 saturated heterocycles. The largest absolute Gasteiger partial charge is 0.353 e. The number of likely N-dealkylation sites (N-methyl/N-ethyl adjacent to an activating group) is 1. The van der Waals surface area contributed by atoms with Crippen LogP contribution < -0.4 is 10.6 Å². The Morgan fingerprint density at radius 3 is 2.56 bits per heavy atom. The molecule has 86 valence electrons. The van der Waals surface area contributed by atoms with Gasteiger partial charge in [-0.3, -0.25) is 0 Å². The molecular weight excluding hydrogens is 202 g/mol. The molecule has 1 aromatic rings. The second-order valence-electron chi connectivity index (χ2n) is 3.59. The molecule has 0 unspecified atom stereocenters. The summed E-state index contributed by atoms with van der Waals surface area (Å²) in [4.78, 5) is 1.97. The fourth-order valence-corrected chi connectivity index (χ4v) is 1.52. The zero-order valence-electron chi connectivity index (χ0n) is 9.99. The van der Waals surface area contributed by atoms with E-state index < -0.39 is 0 Å². The molecule has 1 aromatic heterocycles. The molecule has 0 aliphatic rings. The van der Waals surface area contributed by atoms with Crippen LogP contribution in [0.2, 0.25) is 0 Å². The van der Waals surface area contributed by atoms with Crippen molar-refractivity contribution in [3.05, 3.63) is 16.8 Å². The van der Waals surface area contributed by atoms with Crippen LogP contribution in [0, 0.1) is 25.2 Å². The van der Waals surface area contributed by atoms with Crippen molar-refractivity contribution in [3.63, 3.8) is 0 Å². The van der Waals surface area contributed by atoms with Crippen LogP contribution in [0.15, 0.2) is 0 Å². The van der Waals surface area contributed by atoms with Crippen molar-refractivity contribution < 1.29 is 0 Å². The Labute approximate surface area is 95.9 Å². The Kier molecular flexibility index (Phi) is 4.20. The Bertz CT molecular complexity index is 408. The maximum absolute atomic E-state index is 9.16. The van der Waals surface area contributed by atoms with Gasteiger partial charge in [-0.25, -0.2) is 0 Å². The number of aryl methyl sites for hydroxylation is 1. The summed E-state index contributed by atoms with van der Waals surface area (Å²) in [7, 11) is 0. The number of nitriles is 1. The highest BCUT2D eigenvalue weighted by atomic mass is 15.3. The minimum absolute atomic E-state index is 0.535. The predicted octanol–water partition coefficient (Wildman–Crippen LogP) is 0.750. The highest BCUT2D eigenvalue weighted by Crippen LogP contribution is 2.20. The van der Waals surface area contributed by atoms with Crippen molar-refractivity contribution in [2.75, 3.05) is 24.5 Å². The number of rotatable bonds is 4. The standard InChI is InChI=1S/C11H17N5/c1-4-16(6-5-12)11-10(7-13)8(2)9(3)14-15-11/h4-6,12H2,1-3H3. The van der Waals surface area contributed by atoms with Gasteiger partial charge in [0.05, 0.1) is 5.69 Å². The average molecular weight is 219 g/mol. The van der Waals surface area contributed by atoms with Gasteiger partial charge in [0.1, 0.15) is 11.6 Å². The number of hydrogen-bond donors (Lipinski definition) is 1. The van der Waals surface area contributed by atoms with E-state index in [9.17, 15) is 0 Å². The van der Waals surface area contributed by atoms with Gasteiger partial charge in [-0.2, -0.15) is 10.4 Å². The Balaban J connectivity index is 3.23. The molecule has 0 saturated carbocycles. The van der Waals surface area contributed by atoms with E-state index in [1.54, 1.807) is 0 Å². The third-order valence-electron chi connectivity index (χ3n) is 2.63. The normalized spacial score (nSPS) is 9.94. The van der Waals surface area contributed by atoms with E-state index in [0.717, 1.165) is 17.8 Å². The van der Waals surface area contributed by atoms with Crippen molar-refractivity contribution >= 4 is 5.82 Å². The average Bonchev–Trinajstić information content (AvgIpc) is 2.29. The summed E-state index contributed by atoms with van der Waals surface area (Å²) in [6.07, 6.45) is 0. The van der Waals surface area contributed by atoms with Crippen LogP contribution in [0.25, 0.3) is 0 Å². The summed E-state index contributed by atoms with van der Waals surface area (Å²) in [6, 6.07) is 2.19. The van der Waals surface area contributed by atoms with Crippen LogP contribution in [0.5, 0.6) is 0 Å². The van der Waals surface area contributed by atoms with Gasteiger partial charge >= 0.3 is 0 Å². The SMILES string of the molecule is CCN(CCN)c1nnc(C)c(C)c1C#N. The summed E-state index contributed by atoms with van der Waals surface area (Å²) in [6.45, 7) is 7.74. The van der Waals surface area contributed by atoms with Crippen molar-refractivity contribution in [2.45, 2.75) is 20.8 Å². The van der Waals surface area contributed by atoms with Gasteiger partial charge < -0.3 is 10.6 Å². The first-order chi connectivity index (χ1) is 7.65. The topological polar surface area (TPSA) is 78.8 Å². The number of nitrogens with zero attached hydrogens (tertiary/aromatic N) is 4. The molecule has 2 N–H and O–H groups in total. The van der Waals surface area contributed by atoms with Crippen LogP contribution in [0.3, 0.4) is 0 Å². The number of anilines is 1. The Morgan fingerprint density at radius 2 is 2.06 bits per heavy atom. The maximum atomic E-state index is 9.16. The van der Waals surface area contributed by atoms with Gasteiger partial charge in [0.25, 0.3) is 0 Å². The van der Waals surface area contributed by atoms with E-state index in [0.29, 0.717) is 24.5 Å². The molecule has 5 heteroatoms. The van der Waals surface area contributed by atoms with Crippen LogP contribution in [-0.4, -0.2) is 29.8 Å². The molecule has 0 bridgehead atoms. The van der Waals surface area contributed by atoms with Gasteiger partial charge in [-0.15, -0.1) is 5.10 Å². The first kappa shape index (κ1) is 12.4. The maximum Gasteiger partial charge on any atom is 0.169 e. The minimum atomic E-state index is 0.535. The number of nitrogens with two attached hydrogens (primary N) is 1. The number of aromatic nitrogens is 2. The van der Waals surface area contributed by atoms with Gasteiger partial charge in [0.15, 0.2) is 5.82 Å². The summed E-state index contributed by atoms with van der Waals surface area (Å²) >= 11 is 0. The molecule has 0 radical (unpaired) electrons. The Morgan fingerprint density at radius 1 is 1.38 bits per heavy atom. The minimum Gasteiger partial charge on any atom is -0.353 e. The molecule has 0 aromatic carbocycles. The Hall–Kier alpha value is -1.67. The molecule has 0 amide bonds. The molecule has 5 nitrogen and oxygen atoms in total. The molecule has 0 atom stereocenters. The molecule has 1 heterocycles. The summed E-state index contributed by atoms with van der Waals surface area (Å²) in [5, 5.41) is 17.3. The lowest BCUT2D eigenvalue weighted by atomic mass is 10.1. The fourth-order valence-electron chi connectivity index (χ4n) is 1.52. The third-order valence-corrected chi connectivity index (χ3v) is 2.63. The van der Waals surface area contributed by atoms with E-state index in [2.05, 4.69) is 16.3 Å². The second kappa shape index (κ2) is 5.42. The van der Waals surface area contributed by atoms with Gasteiger partial charge in [-0.05, 0) is 26.3 Å². The quantitative estimate of drug-likeness (QED) is 0.808. The van der Waals surface area contributed by atoms with Crippen molar-refractivity contribution in [3.8, 4) is 6.07 Å². The van der Waals surface area contributed by atoms with E-state index in [4.69, 9.17) is 11.0 Å². The van der Waals surface area contributed by atoms with Crippen LogP contribution in [-0.2, 0) is 0 Å². The molecule has 0 spiro atoms. The first-order valence-corrected chi connectivity index (χ1v) is 5.34. The fraction of sp³-hybridized carbons (Fsp3) is 0.545. The van der Waals surface area contributed by atoms with Crippen LogP contribution in [0.1, 0.15) is 23.7 Å². The molecular formula is C11H17N5. The highest BCUT2D eigenvalue weighted by Gasteiger charge is 2.15. The zero-order valence-corrected chi connectivity index (χ0v) is 9.99. The van der Waals surface area contributed by atoms with Gasteiger partial charge in [0, 0.05) is 19.6 Å². The third kappa shape index (κ3) is 2.28. The molecule has 16 heavy (non-hydrogen) atoms. The summed E-state index contributed by atoms with van der Waals surface area (Å²) < 4.78 is 0. The van der Waals surface area contributed by atoms with Crippen molar-refractivity contribution in [1.82, 2.24) is 10.2 Å². The molecule has 0 aliphatic heterocycles. The summed E-state index contributed by atoms with van der Waals surface area (Å²) in [5.74, 6) is 0.638. The van der Waals surface area contributed by atoms with Crippen molar-refractivity contribution in [2.24, 2.45) is 5.73 Å². The second-order valence-corrected chi connectivity index (χ2v) is 3.59. The van der Waals surface area contributed by atoms with Crippen molar-refractivity contribution in [1.29, 1.82) is 5.26 Å². The lowest BCUT2D eigenvalue weighted by Gasteiger charge is -2.22. The lowest BCUT2D eigenvalue weighted by Crippen LogP contribution is -2.31. The van der Waals surface area contributed by atoms with Crippen LogP contribution >= 0.6 is 0 Å². The predicted molar refractivity (Wildman–Crippen MR) is 63.2 cm³/mol. The van der Waals surface area contributed by atoms with E-state index in [1.807, 2.05) is 25.7 Å². The van der Waals surface area contributed by atoms with Gasteiger partial charge in [-0.1, -0.05) is 0 Å². The zero-order chi connectivity index (χ0) is 12.1. The monoisotopic (exact) mass is 219 g/mol. The van der Waals surface area contributed by atoms with Gasteiger partial charge in [0.2, 0.25) is 0 Å². The molecule has 0 fully saturated rings. The van der Waals surface area contributed by atoms with Crippen LogP contribution in [0.4, 0.5) is 5.82 Å². The molecule has 1 rings (SSSR count). The first-order valence-electron chi connectivity index (χ1n) is 5.34. The number of hydrogen-bond acceptors (Lipinski definition) is 5. The summed E-state index contributed by atoms with van der Waals surface area (Å²) in [5.41, 5.74) is 7.82. The lowest BCUT2D eigenvalue weighted by molar-refractivity contribution is 0.779.